The molecule has 0 fully saturated rings. The molecule has 6 heteroatoms. The van der Waals surface area contributed by atoms with Gasteiger partial charge in [0.1, 0.15) is 0 Å². The summed E-state index contributed by atoms with van der Waals surface area (Å²) in [6.45, 7) is 0. The molecule has 0 spiro atoms. The Labute approximate surface area is 58.8 Å². The Kier molecular flexibility index (Phi) is 1.82. The van der Waals surface area contributed by atoms with Crippen molar-refractivity contribution in [2.75, 3.05) is 0 Å². The lowest BCUT2D eigenvalue weighted by Gasteiger charge is -2.10. The predicted molar refractivity (Wildman–Crippen MR) is 21.0 cm³/mol. The van der Waals surface area contributed by atoms with Crippen molar-refractivity contribution < 1.29 is 28.6 Å². The van der Waals surface area contributed by atoms with E-state index in [0.29, 0.717) is 0 Å². The molecular formula is C4H4ClNO4. The first-order chi connectivity index (χ1) is 4.58. The minimum absolute atomic E-state index is 0.796. The van der Waals surface area contributed by atoms with E-state index < -0.39 is 10.2 Å². The van der Waals surface area contributed by atoms with Gasteiger partial charge < -0.3 is 0 Å². The zero-order chi connectivity index (χ0) is 7.61. The highest BCUT2D eigenvalue weighted by Crippen LogP contribution is 1.88. The number of aromatic nitrogens is 1. The van der Waals surface area contributed by atoms with Gasteiger partial charge in [0.15, 0.2) is 10.2 Å². The van der Waals surface area contributed by atoms with Gasteiger partial charge in [-0.2, -0.15) is 14.0 Å². The van der Waals surface area contributed by atoms with E-state index in [9.17, 15) is 14.0 Å². The van der Waals surface area contributed by atoms with Crippen LogP contribution >= 0.6 is 0 Å². The zero-order valence-corrected chi connectivity index (χ0v) is 5.52. The van der Waals surface area contributed by atoms with E-state index in [1.165, 1.54) is 24.5 Å². The molecule has 1 aromatic heterocycles. The van der Waals surface area contributed by atoms with E-state index in [0.717, 1.165) is 4.73 Å². The van der Waals surface area contributed by atoms with Crippen LogP contribution in [-0.4, -0.2) is 4.73 Å². The van der Waals surface area contributed by atoms with E-state index >= 15 is 0 Å². The summed E-state index contributed by atoms with van der Waals surface area (Å²) in [5.41, 5.74) is 0. The van der Waals surface area contributed by atoms with Crippen molar-refractivity contribution in [3.8, 4) is 0 Å². The molecule has 10 heavy (non-hydrogen) atoms. The molecule has 0 aliphatic rings. The molecule has 1 aromatic rings. The Balaban J connectivity index is 2.57. The second kappa shape index (κ2) is 2.47. The highest BCUT2D eigenvalue weighted by molar-refractivity contribution is 4.87. The average Bonchev–Trinajstić information content (AvgIpc) is 2.12. The van der Waals surface area contributed by atoms with Crippen LogP contribution < -0.4 is 18.4 Å². The molecule has 5 nitrogen and oxygen atoms in total. The van der Waals surface area contributed by atoms with Gasteiger partial charge >= 0.3 is 0 Å². The fraction of sp³-hybridized carbons (Fsp3) is 0. The summed E-state index contributed by atoms with van der Waals surface area (Å²) in [5.74, 6) is 0. The summed E-state index contributed by atoms with van der Waals surface area (Å²) >= 11 is 0. The molecule has 0 aliphatic heterocycles. The van der Waals surface area contributed by atoms with Crippen LogP contribution in [-0.2, 0) is 0 Å². The van der Waals surface area contributed by atoms with Crippen LogP contribution in [0.25, 0.3) is 0 Å². The Morgan fingerprint density at radius 2 is 1.60 bits per heavy atom. The summed E-state index contributed by atoms with van der Waals surface area (Å²) in [7, 11) is -4.38. The number of halogens is 1. The molecular weight excluding hydrogens is 162 g/mol. The summed E-state index contributed by atoms with van der Waals surface area (Å²) in [6.07, 6.45) is 2.59. The third-order valence-corrected chi connectivity index (χ3v) is 1.07. The average molecular weight is 166 g/mol. The van der Waals surface area contributed by atoms with Gasteiger partial charge in [-0.05, 0) is 12.1 Å². The normalized spacial score (nSPS) is 11.5. The molecule has 0 radical (unpaired) electrons. The number of rotatable bonds is 2. The standard InChI is InChI=1S/C4H4ClNO4/c7-5(8,9)10-6-3-1-2-4-6/h1-4H. The van der Waals surface area contributed by atoms with Crippen LogP contribution in [0.3, 0.4) is 0 Å². The van der Waals surface area contributed by atoms with Gasteiger partial charge in [-0.15, -0.1) is 0 Å². The van der Waals surface area contributed by atoms with E-state index in [2.05, 4.69) is 4.39 Å². The van der Waals surface area contributed by atoms with Crippen LogP contribution in [0.4, 0.5) is 0 Å². The fourth-order valence-corrected chi connectivity index (χ4v) is 0.750. The summed E-state index contributed by atoms with van der Waals surface area (Å²) < 4.78 is 34.3. The first-order valence-electron chi connectivity index (χ1n) is 2.32. The van der Waals surface area contributed by atoms with Gasteiger partial charge in [0.2, 0.25) is 0 Å². The lowest BCUT2D eigenvalue weighted by molar-refractivity contribution is -1.92. The molecule has 0 saturated heterocycles. The molecule has 0 saturated carbocycles. The maximum absolute atomic E-state index is 9.87. The van der Waals surface area contributed by atoms with Crippen molar-refractivity contribution in [2.45, 2.75) is 0 Å². The fourth-order valence-electron chi connectivity index (χ4n) is 0.462. The lowest BCUT2D eigenvalue weighted by atomic mass is 10.7. The minimum atomic E-state index is -4.38. The van der Waals surface area contributed by atoms with E-state index in [1.54, 1.807) is 0 Å². The van der Waals surface area contributed by atoms with E-state index in [4.69, 9.17) is 0 Å². The second-order valence-corrected chi connectivity index (χ2v) is 2.38. The van der Waals surface area contributed by atoms with Crippen molar-refractivity contribution in [3.05, 3.63) is 24.5 Å². The van der Waals surface area contributed by atoms with Crippen LogP contribution in [0.2, 0.25) is 0 Å². The van der Waals surface area contributed by atoms with Crippen LogP contribution in [0.5, 0.6) is 0 Å². The molecule has 0 aromatic carbocycles. The van der Waals surface area contributed by atoms with Gasteiger partial charge in [-0.3, -0.25) is 0 Å². The second-order valence-electron chi connectivity index (χ2n) is 1.49. The van der Waals surface area contributed by atoms with Crippen LogP contribution in [0.1, 0.15) is 0 Å². The monoisotopic (exact) mass is 165 g/mol. The van der Waals surface area contributed by atoms with Gasteiger partial charge in [0.25, 0.3) is 0 Å². The van der Waals surface area contributed by atoms with Crippen molar-refractivity contribution in [2.24, 2.45) is 0 Å². The Bertz CT molecular complexity index is 192. The maximum Gasteiger partial charge on any atom is 0.171 e. The highest BCUT2D eigenvalue weighted by Gasteiger charge is 2.17. The highest BCUT2D eigenvalue weighted by atomic mass is 35.7. The third kappa shape index (κ3) is 2.24. The molecule has 0 aliphatic carbocycles. The summed E-state index contributed by atoms with van der Waals surface area (Å²) in [5, 5.41) is 0. The Hall–Kier alpha value is -0.750. The maximum atomic E-state index is 9.87. The molecule has 0 unspecified atom stereocenters. The molecule has 0 atom stereocenters. The number of hydrogen-bond donors (Lipinski definition) is 0. The molecule has 0 amide bonds. The first-order valence-corrected chi connectivity index (χ1v) is 3.55. The third-order valence-electron chi connectivity index (χ3n) is 0.741. The minimum Gasteiger partial charge on any atom is -0.164 e. The van der Waals surface area contributed by atoms with Gasteiger partial charge in [0, 0.05) is 4.39 Å². The first kappa shape index (κ1) is 7.36. The molecule has 1 rings (SSSR count). The van der Waals surface area contributed by atoms with Crippen LogP contribution in [0.15, 0.2) is 24.5 Å². The van der Waals surface area contributed by atoms with Crippen LogP contribution in [0, 0.1) is 10.2 Å². The SMILES string of the molecule is [O-][Cl+3]([O-])([O-])On1cccc1. The molecule has 56 valence electrons. The Morgan fingerprint density at radius 1 is 1.10 bits per heavy atom. The molecule has 0 bridgehead atoms. The largest absolute Gasteiger partial charge is 0.171 e. The Morgan fingerprint density at radius 3 is 2.00 bits per heavy atom. The zero-order valence-electron chi connectivity index (χ0n) is 4.77. The predicted octanol–water partition coefficient (Wildman–Crippen LogP) is -3.19. The quantitative estimate of drug-likeness (QED) is 0.463. The topological polar surface area (TPSA) is 83.3 Å². The van der Waals surface area contributed by atoms with Gasteiger partial charge in [-0.1, -0.05) is 4.73 Å². The summed E-state index contributed by atoms with van der Waals surface area (Å²) in [6, 6.07) is 3.06. The molecule has 0 N–H and O–H groups in total. The van der Waals surface area contributed by atoms with Gasteiger partial charge in [-0.25, -0.2) is 0 Å². The lowest BCUT2D eigenvalue weighted by Crippen LogP contribution is -2.65. The van der Waals surface area contributed by atoms with Crippen molar-refractivity contribution in [3.63, 3.8) is 0 Å². The number of nitrogens with zero attached hydrogens (tertiary/aromatic N) is 1. The van der Waals surface area contributed by atoms with E-state index in [1.807, 2.05) is 0 Å². The van der Waals surface area contributed by atoms with Crippen molar-refractivity contribution in [1.29, 1.82) is 0 Å². The molecule has 1 heterocycles. The summed E-state index contributed by atoms with van der Waals surface area (Å²) in [4.78, 5) is 0. The van der Waals surface area contributed by atoms with Gasteiger partial charge in [0.05, 0.1) is 12.4 Å². The number of hydrogen-bond acceptors (Lipinski definition) is 4. The van der Waals surface area contributed by atoms with E-state index in [-0.39, 0.29) is 0 Å². The van der Waals surface area contributed by atoms with Crippen molar-refractivity contribution >= 4 is 0 Å². The van der Waals surface area contributed by atoms with Crippen molar-refractivity contribution in [1.82, 2.24) is 4.73 Å². The smallest absolute Gasteiger partial charge is 0.164 e.